The Morgan fingerprint density at radius 1 is 1.31 bits per heavy atom. The van der Waals surface area contributed by atoms with E-state index in [0.717, 1.165) is 6.07 Å². The molecular formula is C9H9F3O. The summed E-state index contributed by atoms with van der Waals surface area (Å²) in [7, 11) is 0. The third-order valence-electron chi connectivity index (χ3n) is 1.68. The molecule has 0 heterocycles. The number of phenols is 1. The molecule has 0 fully saturated rings. The molecule has 0 aliphatic rings. The zero-order chi connectivity index (χ0) is 10.1. The monoisotopic (exact) mass is 190 g/mol. The fraction of sp³-hybridized carbons (Fsp3) is 0.333. The van der Waals surface area contributed by atoms with Crippen molar-refractivity contribution in [3.63, 3.8) is 0 Å². The predicted molar refractivity (Wildman–Crippen MR) is 42.6 cm³/mol. The number of hydrogen-bond donors (Lipinski definition) is 1. The molecule has 0 unspecified atom stereocenters. The van der Waals surface area contributed by atoms with E-state index >= 15 is 0 Å². The molecule has 0 amide bonds. The average molecular weight is 190 g/mol. The van der Waals surface area contributed by atoms with Crippen LogP contribution in [0.4, 0.5) is 13.2 Å². The molecule has 1 N–H and O–H groups in total. The SMILES string of the molecule is Cc1ccc(CC(F)(F)F)cc1O. The van der Waals surface area contributed by atoms with Gasteiger partial charge in [0.25, 0.3) is 0 Å². The maximum atomic E-state index is 11.9. The van der Waals surface area contributed by atoms with Crippen LogP contribution in [0.5, 0.6) is 5.75 Å². The topological polar surface area (TPSA) is 20.2 Å². The molecule has 0 saturated heterocycles. The summed E-state index contributed by atoms with van der Waals surface area (Å²) in [6.45, 7) is 1.63. The Bertz CT molecular complexity index is 304. The smallest absolute Gasteiger partial charge is 0.393 e. The normalized spacial score (nSPS) is 11.7. The van der Waals surface area contributed by atoms with Crippen molar-refractivity contribution in [2.24, 2.45) is 0 Å². The van der Waals surface area contributed by atoms with E-state index in [1.165, 1.54) is 12.1 Å². The van der Waals surface area contributed by atoms with Crippen molar-refractivity contribution in [1.82, 2.24) is 0 Å². The van der Waals surface area contributed by atoms with Crippen molar-refractivity contribution >= 4 is 0 Å². The van der Waals surface area contributed by atoms with Crippen LogP contribution in [0.3, 0.4) is 0 Å². The van der Waals surface area contributed by atoms with Crippen molar-refractivity contribution in [1.29, 1.82) is 0 Å². The highest BCUT2D eigenvalue weighted by Crippen LogP contribution is 2.24. The van der Waals surface area contributed by atoms with Gasteiger partial charge in [-0.3, -0.25) is 0 Å². The van der Waals surface area contributed by atoms with Crippen molar-refractivity contribution in [3.05, 3.63) is 29.3 Å². The summed E-state index contributed by atoms with van der Waals surface area (Å²) < 4.78 is 35.7. The number of aryl methyl sites for hydroxylation is 1. The zero-order valence-electron chi connectivity index (χ0n) is 7.02. The van der Waals surface area contributed by atoms with E-state index in [9.17, 15) is 13.2 Å². The summed E-state index contributed by atoms with van der Waals surface area (Å²) >= 11 is 0. The second-order valence-corrected chi connectivity index (χ2v) is 2.91. The lowest BCUT2D eigenvalue weighted by Crippen LogP contribution is -2.11. The molecule has 1 nitrogen and oxygen atoms in total. The van der Waals surface area contributed by atoms with E-state index in [1.807, 2.05) is 0 Å². The van der Waals surface area contributed by atoms with Crippen LogP contribution in [0.25, 0.3) is 0 Å². The second-order valence-electron chi connectivity index (χ2n) is 2.91. The summed E-state index contributed by atoms with van der Waals surface area (Å²) in [4.78, 5) is 0. The molecule has 0 radical (unpaired) electrons. The molecule has 1 aromatic rings. The van der Waals surface area contributed by atoms with Gasteiger partial charge in [-0.2, -0.15) is 13.2 Å². The molecule has 1 rings (SSSR count). The molecule has 0 aliphatic carbocycles. The second kappa shape index (κ2) is 3.28. The van der Waals surface area contributed by atoms with Gasteiger partial charge in [-0.25, -0.2) is 0 Å². The largest absolute Gasteiger partial charge is 0.508 e. The van der Waals surface area contributed by atoms with Gasteiger partial charge >= 0.3 is 6.18 Å². The third-order valence-corrected chi connectivity index (χ3v) is 1.68. The molecule has 1 aromatic carbocycles. The van der Waals surface area contributed by atoms with Crippen molar-refractivity contribution in [2.75, 3.05) is 0 Å². The zero-order valence-corrected chi connectivity index (χ0v) is 7.02. The Kier molecular flexibility index (Phi) is 2.50. The van der Waals surface area contributed by atoms with Crippen LogP contribution in [-0.4, -0.2) is 11.3 Å². The Balaban J connectivity index is 2.86. The summed E-state index contributed by atoms with van der Waals surface area (Å²) in [6.07, 6.45) is -5.22. The number of aromatic hydroxyl groups is 1. The standard InChI is InChI=1S/C9H9F3O/c1-6-2-3-7(4-8(6)13)5-9(10,11)12/h2-4,13H,5H2,1H3. The van der Waals surface area contributed by atoms with Crippen molar-refractivity contribution < 1.29 is 18.3 Å². The van der Waals surface area contributed by atoms with Gasteiger partial charge in [0.05, 0.1) is 6.42 Å². The van der Waals surface area contributed by atoms with Crippen LogP contribution in [0.1, 0.15) is 11.1 Å². The molecule has 0 aliphatic heterocycles. The van der Waals surface area contributed by atoms with Gasteiger partial charge in [-0.15, -0.1) is 0 Å². The highest BCUT2D eigenvalue weighted by atomic mass is 19.4. The highest BCUT2D eigenvalue weighted by Gasteiger charge is 2.27. The molecular weight excluding hydrogens is 181 g/mol. The van der Waals surface area contributed by atoms with E-state index in [1.54, 1.807) is 6.92 Å². The summed E-state index contributed by atoms with van der Waals surface area (Å²) in [6, 6.07) is 3.97. The van der Waals surface area contributed by atoms with Crippen LogP contribution >= 0.6 is 0 Å². The fourth-order valence-electron chi connectivity index (χ4n) is 0.996. The maximum absolute atomic E-state index is 11.9. The van der Waals surface area contributed by atoms with E-state index in [2.05, 4.69) is 0 Å². The lowest BCUT2D eigenvalue weighted by Gasteiger charge is -2.07. The van der Waals surface area contributed by atoms with Gasteiger partial charge in [0.1, 0.15) is 5.75 Å². The first-order chi connectivity index (χ1) is 5.88. The number of phenolic OH excluding ortho intramolecular Hbond substituents is 1. The molecule has 0 spiro atoms. The average Bonchev–Trinajstić information content (AvgIpc) is 1.94. The Labute approximate surface area is 73.8 Å². The van der Waals surface area contributed by atoms with E-state index in [4.69, 9.17) is 5.11 Å². The van der Waals surface area contributed by atoms with Gasteiger partial charge in [0.2, 0.25) is 0 Å². The molecule has 0 atom stereocenters. The van der Waals surface area contributed by atoms with E-state index in [-0.39, 0.29) is 11.3 Å². The van der Waals surface area contributed by atoms with Crippen LogP contribution < -0.4 is 0 Å². The minimum absolute atomic E-state index is 0.0793. The molecule has 0 aromatic heterocycles. The molecule has 13 heavy (non-hydrogen) atoms. The minimum atomic E-state index is -4.22. The first kappa shape index (κ1) is 9.89. The van der Waals surface area contributed by atoms with Gasteiger partial charge in [-0.05, 0) is 24.1 Å². The Morgan fingerprint density at radius 3 is 2.38 bits per heavy atom. The summed E-state index contributed by atoms with van der Waals surface area (Å²) in [5, 5.41) is 9.13. The van der Waals surface area contributed by atoms with Crippen LogP contribution in [-0.2, 0) is 6.42 Å². The maximum Gasteiger partial charge on any atom is 0.393 e. The van der Waals surface area contributed by atoms with E-state index in [0.29, 0.717) is 5.56 Å². The lowest BCUT2D eigenvalue weighted by molar-refractivity contribution is -0.127. The van der Waals surface area contributed by atoms with Gasteiger partial charge in [0, 0.05) is 0 Å². The van der Waals surface area contributed by atoms with Crippen LogP contribution in [0, 0.1) is 6.92 Å². The van der Waals surface area contributed by atoms with Gasteiger partial charge < -0.3 is 5.11 Å². The Hall–Kier alpha value is -1.19. The highest BCUT2D eigenvalue weighted by molar-refractivity contribution is 5.35. The molecule has 0 saturated carbocycles. The molecule has 72 valence electrons. The fourth-order valence-corrected chi connectivity index (χ4v) is 0.996. The molecule has 4 heteroatoms. The number of rotatable bonds is 1. The summed E-state index contributed by atoms with van der Waals surface area (Å²) in [5.74, 6) is -0.0956. The first-order valence-electron chi connectivity index (χ1n) is 3.74. The third kappa shape index (κ3) is 2.97. The van der Waals surface area contributed by atoms with Crippen LogP contribution in [0.2, 0.25) is 0 Å². The molecule has 0 bridgehead atoms. The summed E-state index contributed by atoms with van der Waals surface area (Å²) in [5.41, 5.74) is 0.654. The van der Waals surface area contributed by atoms with Crippen LogP contribution in [0.15, 0.2) is 18.2 Å². The predicted octanol–water partition coefficient (Wildman–Crippen LogP) is 2.81. The van der Waals surface area contributed by atoms with Gasteiger partial charge in [-0.1, -0.05) is 12.1 Å². The minimum Gasteiger partial charge on any atom is -0.508 e. The van der Waals surface area contributed by atoms with Gasteiger partial charge in [0.15, 0.2) is 0 Å². The number of halogens is 3. The quantitative estimate of drug-likeness (QED) is 0.721. The van der Waals surface area contributed by atoms with E-state index < -0.39 is 12.6 Å². The lowest BCUT2D eigenvalue weighted by atomic mass is 10.1. The number of alkyl halides is 3. The van der Waals surface area contributed by atoms with Crippen molar-refractivity contribution in [3.8, 4) is 5.75 Å². The Morgan fingerprint density at radius 2 is 1.92 bits per heavy atom. The number of benzene rings is 1. The van der Waals surface area contributed by atoms with Crippen molar-refractivity contribution in [2.45, 2.75) is 19.5 Å². The number of hydrogen-bond acceptors (Lipinski definition) is 1. The first-order valence-corrected chi connectivity index (χ1v) is 3.74.